The molecule has 0 saturated heterocycles. The van der Waals surface area contributed by atoms with E-state index in [4.69, 9.17) is 5.73 Å². The number of rotatable bonds is 1. The fourth-order valence-electron chi connectivity index (χ4n) is 2.25. The summed E-state index contributed by atoms with van der Waals surface area (Å²) in [5, 5.41) is 0. The number of halogens is 1. The van der Waals surface area contributed by atoms with Crippen LogP contribution in [0.5, 0.6) is 0 Å². The van der Waals surface area contributed by atoms with Gasteiger partial charge in [0.1, 0.15) is 5.82 Å². The first-order valence-electron chi connectivity index (χ1n) is 5.37. The Morgan fingerprint density at radius 1 is 1.35 bits per heavy atom. The Labute approximate surface area is 102 Å². The Morgan fingerprint density at radius 2 is 2.18 bits per heavy atom. The quantitative estimate of drug-likeness (QED) is 0.827. The van der Waals surface area contributed by atoms with Crippen LogP contribution in [-0.4, -0.2) is 5.91 Å². The van der Waals surface area contributed by atoms with E-state index in [1.807, 2.05) is 12.1 Å². The molecule has 1 amide bonds. The van der Waals surface area contributed by atoms with E-state index in [1.54, 1.807) is 6.07 Å². The van der Waals surface area contributed by atoms with E-state index in [-0.39, 0.29) is 5.82 Å². The predicted molar refractivity (Wildman–Crippen MR) is 65.6 cm³/mol. The lowest BCUT2D eigenvalue weighted by molar-refractivity contribution is 0.100. The van der Waals surface area contributed by atoms with Crippen LogP contribution in [0, 0.1) is 5.82 Å². The highest BCUT2D eigenvalue weighted by Gasteiger charge is 2.22. The zero-order chi connectivity index (χ0) is 12.0. The molecule has 1 heterocycles. The lowest BCUT2D eigenvalue weighted by atomic mass is 9.91. The van der Waals surface area contributed by atoms with Crippen LogP contribution in [-0.2, 0) is 12.8 Å². The molecule has 3 rings (SSSR count). The molecule has 0 spiro atoms. The van der Waals surface area contributed by atoms with Crippen molar-refractivity contribution in [2.24, 2.45) is 5.73 Å². The van der Waals surface area contributed by atoms with Gasteiger partial charge in [0.25, 0.3) is 5.91 Å². The van der Waals surface area contributed by atoms with Gasteiger partial charge in [-0.15, -0.1) is 11.3 Å². The first-order chi connectivity index (χ1) is 8.16. The van der Waals surface area contributed by atoms with E-state index >= 15 is 0 Å². The molecule has 4 heteroatoms. The van der Waals surface area contributed by atoms with E-state index in [0.29, 0.717) is 11.3 Å². The zero-order valence-electron chi connectivity index (χ0n) is 9.00. The number of aryl methyl sites for hydroxylation is 1. The molecule has 0 unspecified atom stereocenters. The van der Waals surface area contributed by atoms with Gasteiger partial charge < -0.3 is 5.73 Å². The van der Waals surface area contributed by atoms with Crippen molar-refractivity contribution in [3.8, 4) is 10.4 Å². The first-order valence-corrected chi connectivity index (χ1v) is 6.19. The van der Waals surface area contributed by atoms with E-state index in [9.17, 15) is 9.18 Å². The molecule has 0 atom stereocenters. The van der Waals surface area contributed by atoms with Crippen molar-refractivity contribution in [2.45, 2.75) is 12.8 Å². The molecule has 0 radical (unpaired) electrons. The number of carbonyl (C=O) groups is 1. The van der Waals surface area contributed by atoms with Crippen molar-refractivity contribution in [1.29, 1.82) is 0 Å². The summed E-state index contributed by atoms with van der Waals surface area (Å²) in [4.78, 5) is 12.7. The van der Waals surface area contributed by atoms with Gasteiger partial charge in [-0.25, -0.2) is 4.39 Å². The number of benzene rings is 1. The second-order valence-corrected chi connectivity index (χ2v) is 5.15. The molecule has 0 fully saturated rings. The summed E-state index contributed by atoms with van der Waals surface area (Å²) >= 11 is 1.35. The summed E-state index contributed by atoms with van der Waals surface area (Å²) in [5.41, 5.74) is 8.03. The molecule has 1 aliphatic rings. The molecule has 1 aromatic heterocycles. The second-order valence-electron chi connectivity index (χ2n) is 4.10. The average molecular weight is 247 g/mol. The van der Waals surface area contributed by atoms with Crippen LogP contribution in [0.3, 0.4) is 0 Å². The molecule has 2 aromatic rings. The minimum absolute atomic E-state index is 0.165. The third-order valence-corrected chi connectivity index (χ3v) is 4.28. The van der Waals surface area contributed by atoms with Gasteiger partial charge in [0, 0.05) is 4.88 Å². The number of fused-ring (bicyclic) bond motifs is 3. The summed E-state index contributed by atoms with van der Waals surface area (Å²) in [6, 6.07) is 6.91. The van der Waals surface area contributed by atoms with Gasteiger partial charge >= 0.3 is 0 Å². The van der Waals surface area contributed by atoms with Gasteiger partial charge in [-0.2, -0.15) is 0 Å². The van der Waals surface area contributed by atoms with E-state index in [0.717, 1.165) is 28.0 Å². The van der Waals surface area contributed by atoms with Crippen LogP contribution >= 0.6 is 11.3 Å². The number of carbonyl (C=O) groups excluding carboxylic acids is 1. The molecule has 0 aliphatic heterocycles. The number of thiophene rings is 1. The number of hydrogen-bond acceptors (Lipinski definition) is 2. The SMILES string of the molecule is NC(=O)c1cc2c(s1)-c1cccc(F)c1CC2. The maximum atomic E-state index is 13.6. The molecule has 86 valence electrons. The van der Waals surface area contributed by atoms with Gasteiger partial charge in [-0.3, -0.25) is 4.79 Å². The van der Waals surface area contributed by atoms with Crippen LogP contribution in [0.15, 0.2) is 24.3 Å². The van der Waals surface area contributed by atoms with Gasteiger partial charge in [0.15, 0.2) is 0 Å². The largest absolute Gasteiger partial charge is 0.365 e. The van der Waals surface area contributed by atoms with Crippen molar-refractivity contribution in [3.63, 3.8) is 0 Å². The Balaban J connectivity index is 2.22. The monoisotopic (exact) mass is 247 g/mol. The summed E-state index contributed by atoms with van der Waals surface area (Å²) in [7, 11) is 0. The number of nitrogens with two attached hydrogens (primary N) is 1. The molecular weight excluding hydrogens is 237 g/mol. The van der Waals surface area contributed by atoms with Crippen molar-refractivity contribution in [3.05, 3.63) is 46.1 Å². The van der Waals surface area contributed by atoms with Crippen LogP contribution in [0.2, 0.25) is 0 Å². The fourth-order valence-corrected chi connectivity index (χ4v) is 3.36. The fraction of sp³-hybridized carbons (Fsp3) is 0.154. The number of amides is 1. The Kier molecular flexibility index (Phi) is 2.26. The lowest BCUT2D eigenvalue weighted by Gasteiger charge is -2.16. The normalized spacial score (nSPS) is 13.0. The van der Waals surface area contributed by atoms with E-state index < -0.39 is 5.91 Å². The molecule has 1 aliphatic carbocycles. The number of hydrogen-bond donors (Lipinski definition) is 1. The van der Waals surface area contributed by atoms with Crippen LogP contribution in [0.1, 0.15) is 20.8 Å². The maximum absolute atomic E-state index is 13.6. The Bertz CT molecular complexity index is 618. The molecule has 2 N–H and O–H groups in total. The topological polar surface area (TPSA) is 43.1 Å². The van der Waals surface area contributed by atoms with Gasteiger partial charge in [0.2, 0.25) is 0 Å². The summed E-state index contributed by atoms with van der Waals surface area (Å²) in [6.45, 7) is 0. The van der Waals surface area contributed by atoms with Crippen LogP contribution in [0.4, 0.5) is 4.39 Å². The van der Waals surface area contributed by atoms with E-state index in [2.05, 4.69) is 0 Å². The molecular formula is C13H10FNOS. The average Bonchev–Trinajstić information content (AvgIpc) is 2.73. The molecule has 0 bridgehead atoms. The lowest BCUT2D eigenvalue weighted by Crippen LogP contribution is -2.08. The van der Waals surface area contributed by atoms with Crippen LogP contribution < -0.4 is 5.73 Å². The van der Waals surface area contributed by atoms with Crippen LogP contribution in [0.25, 0.3) is 10.4 Å². The van der Waals surface area contributed by atoms with Gasteiger partial charge in [-0.05, 0) is 41.7 Å². The smallest absolute Gasteiger partial charge is 0.258 e. The predicted octanol–water partition coefficient (Wildman–Crippen LogP) is 2.75. The summed E-state index contributed by atoms with van der Waals surface area (Å²) in [5.74, 6) is -0.579. The summed E-state index contributed by atoms with van der Waals surface area (Å²) < 4.78 is 13.6. The first kappa shape index (κ1) is 10.5. The maximum Gasteiger partial charge on any atom is 0.258 e. The third-order valence-electron chi connectivity index (χ3n) is 3.06. The minimum atomic E-state index is -0.414. The highest BCUT2D eigenvalue weighted by atomic mass is 32.1. The van der Waals surface area contributed by atoms with Gasteiger partial charge in [0.05, 0.1) is 4.88 Å². The minimum Gasteiger partial charge on any atom is -0.365 e. The van der Waals surface area contributed by atoms with Crippen molar-refractivity contribution in [2.75, 3.05) is 0 Å². The molecule has 2 nitrogen and oxygen atoms in total. The standard InChI is InChI=1S/C13H10FNOS/c14-10-3-1-2-9-8(10)5-4-7-6-11(13(15)16)17-12(7)9/h1-3,6H,4-5H2,(H2,15,16). The molecule has 17 heavy (non-hydrogen) atoms. The van der Waals surface area contributed by atoms with Crippen molar-refractivity contribution >= 4 is 17.2 Å². The summed E-state index contributed by atoms with van der Waals surface area (Å²) in [6.07, 6.45) is 1.46. The Hall–Kier alpha value is -1.68. The van der Waals surface area contributed by atoms with E-state index in [1.165, 1.54) is 17.4 Å². The third kappa shape index (κ3) is 1.56. The molecule has 1 aromatic carbocycles. The highest BCUT2D eigenvalue weighted by molar-refractivity contribution is 7.17. The zero-order valence-corrected chi connectivity index (χ0v) is 9.81. The van der Waals surface area contributed by atoms with Gasteiger partial charge in [-0.1, -0.05) is 12.1 Å². The molecule has 0 saturated carbocycles. The Morgan fingerprint density at radius 3 is 2.94 bits per heavy atom. The number of primary amides is 1. The van der Waals surface area contributed by atoms with Crippen molar-refractivity contribution < 1.29 is 9.18 Å². The highest BCUT2D eigenvalue weighted by Crippen LogP contribution is 2.40. The second kappa shape index (κ2) is 3.67. The van der Waals surface area contributed by atoms with Crippen molar-refractivity contribution in [1.82, 2.24) is 0 Å².